The van der Waals surface area contributed by atoms with Gasteiger partial charge >= 0.3 is 0 Å². The van der Waals surface area contributed by atoms with Gasteiger partial charge < -0.3 is 10.6 Å². The molecule has 2 rings (SSSR count). The summed E-state index contributed by atoms with van der Waals surface area (Å²) in [5.74, 6) is -0.261. The van der Waals surface area contributed by atoms with Gasteiger partial charge in [0.1, 0.15) is 6.07 Å². The summed E-state index contributed by atoms with van der Waals surface area (Å²) in [4.78, 5) is 13.6. The van der Waals surface area contributed by atoms with Crippen molar-refractivity contribution in [2.75, 3.05) is 10.3 Å². The van der Waals surface area contributed by atoms with E-state index in [-0.39, 0.29) is 17.7 Å². The molecule has 1 aromatic carbocycles. The summed E-state index contributed by atoms with van der Waals surface area (Å²) < 4.78 is 0. The van der Waals surface area contributed by atoms with Gasteiger partial charge in [-0.05, 0) is 37.6 Å². The number of nitrogens with two attached hydrogens (primary N) is 1. The first kappa shape index (κ1) is 14.5. The van der Waals surface area contributed by atoms with E-state index in [1.54, 1.807) is 23.1 Å². The van der Waals surface area contributed by atoms with Crippen LogP contribution in [-0.4, -0.2) is 23.5 Å². The van der Waals surface area contributed by atoms with Gasteiger partial charge in [-0.3, -0.25) is 15.6 Å². The SMILES string of the molecule is CC1CCC(=O)N1c1ccc(N/N=C(\C#N)C(=N)N)cc1. The highest BCUT2D eigenvalue weighted by Gasteiger charge is 2.28. The zero-order valence-electron chi connectivity index (χ0n) is 11.6. The largest absolute Gasteiger partial charge is 0.382 e. The van der Waals surface area contributed by atoms with E-state index in [1.807, 2.05) is 19.1 Å². The zero-order valence-corrected chi connectivity index (χ0v) is 11.6. The average Bonchev–Trinajstić information content (AvgIpc) is 2.79. The molecule has 1 heterocycles. The second-order valence-electron chi connectivity index (χ2n) is 4.80. The Morgan fingerprint density at radius 3 is 2.67 bits per heavy atom. The Kier molecular flexibility index (Phi) is 4.18. The summed E-state index contributed by atoms with van der Waals surface area (Å²) in [6, 6.07) is 9.08. The number of amidine groups is 1. The second-order valence-corrected chi connectivity index (χ2v) is 4.80. The normalized spacial score (nSPS) is 18.5. The molecule has 0 radical (unpaired) electrons. The molecule has 108 valence electrons. The van der Waals surface area contributed by atoms with Crippen molar-refractivity contribution in [3.8, 4) is 6.07 Å². The van der Waals surface area contributed by atoms with E-state index in [0.717, 1.165) is 12.1 Å². The number of hydrazone groups is 1. The minimum Gasteiger partial charge on any atom is -0.382 e. The van der Waals surface area contributed by atoms with Gasteiger partial charge in [0.25, 0.3) is 0 Å². The number of nitriles is 1. The topological polar surface area (TPSA) is 118 Å². The summed E-state index contributed by atoms with van der Waals surface area (Å²) >= 11 is 0. The third-order valence-corrected chi connectivity index (χ3v) is 3.29. The van der Waals surface area contributed by atoms with Gasteiger partial charge in [-0.2, -0.15) is 10.4 Å². The number of anilines is 2. The van der Waals surface area contributed by atoms with Crippen molar-refractivity contribution in [1.82, 2.24) is 0 Å². The van der Waals surface area contributed by atoms with Crippen molar-refractivity contribution in [2.24, 2.45) is 10.8 Å². The third kappa shape index (κ3) is 3.17. The molecule has 7 heteroatoms. The summed E-state index contributed by atoms with van der Waals surface area (Å²) in [6.45, 7) is 2.02. The molecule has 1 fully saturated rings. The lowest BCUT2D eigenvalue weighted by atomic mass is 10.2. The van der Waals surface area contributed by atoms with Crippen molar-refractivity contribution in [2.45, 2.75) is 25.8 Å². The minimum absolute atomic E-state index is 0.129. The monoisotopic (exact) mass is 284 g/mol. The van der Waals surface area contributed by atoms with E-state index in [9.17, 15) is 4.79 Å². The van der Waals surface area contributed by atoms with Gasteiger partial charge in [0.15, 0.2) is 5.84 Å². The van der Waals surface area contributed by atoms with Gasteiger partial charge in [-0.1, -0.05) is 0 Å². The summed E-state index contributed by atoms with van der Waals surface area (Å²) in [6.07, 6.45) is 1.45. The van der Waals surface area contributed by atoms with Crippen LogP contribution in [0.3, 0.4) is 0 Å². The Morgan fingerprint density at radius 2 is 2.19 bits per heavy atom. The van der Waals surface area contributed by atoms with Crippen molar-refractivity contribution in [1.29, 1.82) is 10.7 Å². The summed E-state index contributed by atoms with van der Waals surface area (Å²) in [5.41, 5.74) is 9.16. The molecule has 1 aliphatic heterocycles. The van der Waals surface area contributed by atoms with Crippen LogP contribution in [-0.2, 0) is 4.79 Å². The number of amides is 1. The first-order valence-corrected chi connectivity index (χ1v) is 6.53. The van der Waals surface area contributed by atoms with E-state index in [1.165, 1.54) is 0 Å². The Bertz CT molecular complexity index is 628. The molecule has 0 aromatic heterocycles. The Balaban J connectivity index is 2.11. The van der Waals surface area contributed by atoms with E-state index < -0.39 is 5.84 Å². The molecule has 1 unspecified atom stereocenters. The van der Waals surface area contributed by atoms with Crippen LogP contribution < -0.4 is 16.1 Å². The Labute approximate surface area is 122 Å². The maximum Gasteiger partial charge on any atom is 0.227 e. The fourth-order valence-electron chi connectivity index (χ4n) is 2.19. The molecule has 0 aliphatic carbocycles. The molecule has 1 amide bonds. The maximum atomic E-state index is 11.8. The quantitative estimate of drug-likeness (QED) is 0.440. The molecule has 1 saturated heterocycles. The number of carbonyl (C=O) groups is 1. The van der Waals surface area contributed by atoms with Crippen LogP contribution in [0.25, 0.3) is 0 Å². The molecule has 1 aromatic rings. The fourth-order valence-corrected chi connectivity index (χ4v) is 2.19. The van der Waals surface area contributed by atoms with Crippen LogP contribution in [0.15, 0.2) is 29.4 Å². The van der Waals surface area contributed by atoms with E-state index in [0.29, 0.717) is 12.1 Å². The van der Waals surface area contributed by atoms with Crippen molar-refractivity contribution >= 4 is 28.8 Å². The average molecular weight is 284 g/mol. The van der Waals surface area contributed by atoms with Crippen LogP contribution in [0.2, 0.25) is 0 Å². The molecule has 1 aliphatic rings. The molecule has 0 bridgehead atoms. The van der Waals surface area contributed by atoms with E-state index in [4.69, 9.17) is 16.4 Å². The Hall–Kier alpha value is -2.88. The van der Waals surface area contributed by atoms with Gasteiger partial charge in [0.05, 0.1) is 5.69 Å². The molecule has 1 atom stereocenters. The zero-order chi connectivity index (χ0) is 15.4. The van der Waals surface area contributed by atoms with Crippen LogP contribution in [0.4, 0.5) is 11.4 Å². The minimum atomic E-state index is -0.391. The predicted molar refractivity (Wildman–Crippen MR) is 81.2 cm³/mol. The smallest absolute Gasteiger partial charge is 0.227 e. The van der Waals surface area contributed by atoms with Crippen LogP contribution in [0.1, 0.15) is 19.8 Å². The van der Waals surface area contributed by atoms with Gasteiger partial charge in [0.2, 0.25) is 11.6 Å². The molecule has 0 saturated carbocycles. The van der Waals surface area contributed by atoms with Crippen molar-refractivity contribution in [3.63, 3.8) is 0 Å². The van der Waals surface area contributed by atoms with E-state index >= 15 is 0 Å². The number of nitrogens with one attached hydrogen (secondary N) is 2. The van der Waals surface area contributed by atoms with Gasteiger partial charge in [0, 0.05) is 18.2 Å². The lowest BCUT2D eigenvalue weighted by Crippen LogP contribution is -2.30. The highest BCUT2D eigenvalue weighted by molar-refractivity contribution is 6.45. The van der Waals surface area contributed by atoms with Crippen molar-refractivity contribution < 1.29 is 4.79 Å². The van der Waals surface area contributed by atoms with E-state index in [2.05, 4.69) is 10.5 Å². The number of rotatable bonds is 4. The number of benzene rings is 1. The van der Waals surface area contributed by atoms with Gasteiger partial charge in [-0.25, -0.2) is 0 Å². The second kappa shape index (κ2) is 6.05. The molecule has 4 N–H and O–H groups in total. The standard InChI is InChI=1S/C14H16N6O/c1-9-2-7-13(21)20(9)11-5-3-10(4-6-11)18-19-12(8-15)14(16)17/h3-6,9,18H,2,7H2,1H3,(H3,16,17)/b19-12+. The first-order chi connectivity index (χ1) is 10.0. The van der Waals surface area contributed by atoms with Crippen LogP contribution >= 0.6 is 0 Å². The van der Waals surface area contributed by atoms with Crippen molar-refractivity contribution in [3.05, 3.63) is 24.3 Å². The summed E-state index contributed by atoms with van der Waals surface area (Å²) in [5, 5.41) is 19.6. The molecular weight excluding hydrogens is 268 g/mol. The molecule has 7 nitrogen and oxygen atoms in total. The Morgan fingerprint density at radius 1 is 1.52 bits per heavy atom. The number of hydrogen-bond donors (Lipinski definition) is 3. The highest BCUT2D eigenvalue weighted by Crippen LogP contribution is 2.27. The van der Waals surface area contributed by atoms with Gasteiger partial charge in [-0.15, -0.1) is 0 Å². The maximum absolute atomic E-state index is 11.8. The van der Waals surface area contributed by atoms with Crippen LogP contribution in [0.5, 0.6) is 0 Å². The predicted octanol–water partition coefficient (Wildman–Crippen LogP) is 1.43. The summed E-state index contributed by atoms with van der Waals surface area (Å²) in [7, 11) is 0. The third-order valence-electron chi connectivity index (χ3n) is 3.29. The molecule has 0 spiro atoms. The number of carbonyl (C=O) groups excluding carboxylic acids is 1. The molecular formula is C14H16N6O. The number of hydrogen-bond acceptors (Lipinski definition) is 5. The lowest BCUT2D eigenvalue weighted by Gasteiger charge is -2.21. The molecule has 21 heavy (non-hydrogen) atoms. The first-order valence-electron chi connectivity index (χ1n) is 6.53. The van der Waals surface area contributed by atoms with Crippen LogP contribution in [0, 0.1) is 16.7 Å². The lowest BCUT2D eigenvalue weighted by molar-refractivity contribution is -0.117. The fraction of sp³-hybridized carbons (Fsp3) is 0.286. The highest BCUT2D eigenvalue weighted by atomic mass is 16.2. The number of nitrogens with zero attached hydrogens (tertiary/aromatic N) is 3.